The van der Waals surface area contributed by atoms with E-state index in [1.54, 1.807) is 37.5 Å². The molecule has 0 aliphatic carbocycles. The van der Waals surface area contributed by atoms with E-state index < -0.39 is 11.5 Å². The van der Waals surface area contributed by atoms with Gasteiger partial charge in [-0.1, -0.05) is 60.1 Å². The summed E-state index contributed by atoms with van der Waals surface area (Å²) in [6.45, 7) is 5.61. The van der Waals surface area contributed by atoms with Crippen LogP contribution in [0, 0.1) is 6.92 Å². The van der Waals surface area contributed by atoms with Crippen molar-refractivity contribution in [2.45, 2.75) is 6.92 Å². The lowest BCUT2D eigenvalue weighted by atomic mass is 9.96. The number of aryl methyl sites for hydroxylation is 1. The first-order chi connectivity index (χ1) is 18.7. The van der Waals surface area contributed by atoms with Crippen LogP contribution in [-0.2, 0) is 7.05 Å². The van der Waals surface area contributed by atoms with Crippen LogP contribution in [0.5, 0.6) is 0 Å². The summed E-state index contributed by atoms with van der Waals surface area (Å²) >= 11 is 13.1. The fraction of sp³-hybridized carbons (Fsp3) is 0.0667. The molecule has 1 amide bonds. The average Bonchev–Trinajstić information content (AvgIpc) is 3.36. The SMILES string of the molecule is C=Cc1cc(C(=O)Nc2cccc(-c3cccc(-c4nc5cc(C=O)cc(Cl)c5o4)c3C)c2Cl)c(=O)n(C)c1. The maximum Gasteiger partial charge on any atom is 0.263 e. The number of benzene rings is 3. The van der Waals surface area contributed by atoms with Gasteiger partial charge in [-0.25, -0.2) is 4.98 Å². The monoisotopic (exact) mass is 557 g/mol. The zero-order valence-corrected chi connectivity index (χ0v) is 22.4. The third kappa shape index (κ3) is 4.78. The van der Waals surface area contributed by atoms with Crippen LogP contribution >= 0.6 is 23.2 Å². The Bertz CT molecular complexity index is 1870. The van der Waals surface area contributed by atoms with Crippen molar-refractivity contribution in [3.63, 3.8) is 0 Å². The Morgan fingerprint density at radius 2 is 1.77 bits per heavy atom. The normalized spacial score (nSPS) is 11.0. The second-order valence-corrected chi connectivity index (χ2v) is 9.68. The summed E-state index contributed by atoms with van der Waals surface area (Å²) in [5, 5.41) is 3.36. The largest absolute Gasteiger partial charge is 0.434 e. The highest BCUT2D eigenvalue weighted by Crippen LogP contribution is 2.39. The molecule has 5 aromatic rings. The van der Waals surface area contributed by atoms with Gasteiger partial charge in [-0.2, -0.15) is 0 Å². The molecule has 0 radical (unpaired) electrons. The number of aromatic nitrogens is 2. The fourth-order valence-electron chi connectivity index (χ4n) is 4.39. The number of nitrogens with one attached hydrogen (secondary N) is 1. The lowest BCUT2D eigenvalue weighted by molar-refractivity contribution is 0.102. The molecule has 0 aliphatic rings. The van der Waals surface area contributed by atoms with Crippen molar-refractivity contribution in [3.8, 4) is 22.6 Å². The molecule has 0 saturated heterocycles. The number of nitrogens with zero attached hydrogens (tertiary/aromatic N) is 2. The molecule has 3 aromatic carbocycles. The van der Waals surface area contributed by atoms with Crippen LogP contribution in [0.25, 0.3) is 39.8 Å². The summed E-state index contributed by atoms with van der Waals surface area (Å²) in [7, 11) is 1.57. The zero-order valence-electron chi connectivity index (χ0n) is 20.9. The topological polar surface area (TPSA) is 94.2 Å². The molecule has 0 unspecified atom stereocenters. The maximum absolute atomic E-state index is 13.0. The van der Waals surface area contributed by atoms with Crippen LogP contribution in [0.1, 0.15) is 31.8 Å². The first-order valence-corrected chi connectivity index (χ1v) is 12.6. The van der Waals surface area contributed by atoms with E-state index in [2.05, 4.69) is 16.9 Å². The molecule has 0 saturated carbocycles. The number of amides is 1. The van der Waals surface area contributed by atoms with Crippen molar-refractivity contribution < 1.29 is 14.0 Å². The molecule has 9 heteroatoms. The van der Waals surface area contributed by atoms with Crippen molar-refractivity contribution in [1.29, 1.82) is 0 Å². The number of aldehydes is 1. The number of fused-ring (bicyclic) bond motifs is 1. The molecule has 1 N–H and O–H groups in total. The van der Waals surface area contributed by atoms with E-state index in [1.165, 1.54) is 16.7 Å². The van der Waals surface area contributed by atoms with Crippen LogP contribution in [0.15, 0.2) is 76.6 Å². The summed E-state index contributed by atoms with van der Waals surface area (Å²) in [5.74, 6) is -0.241. The van der Waals surface area contributed by atoms with E-state index in [-0.39, 0.29) is 5.56 Å². The van der Waals surface area contributed by atoms with Gasteiger partial charge in [0, 0.05) is 29.9 Å². The highest BCUT2D eigenvalue weighted by Gasteiger charge is 2.19. The molecule has 39 heavy (non-hydrogen) atoms. The summed E-state index contributed by atoms with van der Waals surface area (Å²) in [5.41, 5.74) is 4.78. The smallest absolute Gasteiger partial charge is 0.263 e. The summed E-state index contributed by atoms with van der Waals surface area (Å²) in [6, 6.07) is 15.5. The summed E-state index contributed by atoms with van der Waals surface area (Å²) in [6.07, 6.45) is 3.86. The molecule has 0 atom stereocenters. The Morgan fingerprint density at radius 3 is 2.51 bits per heavy atom. The van der Waals surface area contributed by atoms with Gasteiger partial charge >= 0.3 is 0 Å². The maximum atomic E-state index is 13.0. The zero-order chi connectivity index (χ0) is 27.8. The average molecular weight is 558 g/mol. The highest BCUT2D eigenvalue weighted by atomic mass is 35.5. The molecule has 5 rings (SSSR count). The molecular weight excluding hydrogens is 537 g/mol. The van der Waals surface area contributed by atoms with Gasteiger partial charge in [0.25, 0.3) is 11.5 Å². The molecule has 2 aromatic heterocycles. The second-order valence-electron chi connectivity index (χ2n) is 8.89. The van der Waals surface area contributed by atoms with Gasteiger partial charge in [-0.3, -0.25) is 14.4 Å². The van der Waals surface area contributed by atoms with Crippen molar-refractivity contribution in [2.24, 2.45) is 7.05 Å². The molecule has 194 valence electrons. The number of rotatable bonds is 6. The number of hydrogen-bond acceptors (Lipinski definition) is 5. The van der Waals surface area contributed by atoms with Crippen LogP contribution in [-0.4, -0.2) is 21.7 Å². The number of anilines is 1. The third-order valence-corrected chi connectivity index (χ3v) is 7.08. The van der Waals surface area contributed by atoms with Crippen molar-refractivity contribution in [1.82, 2.24) is 9.55 Å². The Hall–Kier alpha value is -4.46. The molecular formula is C30H21Cl2N3O4. The predicted octanol–water partition coefficient (Wildman–Crippen LogP) is 7.18. The Morgan fingerprint density at radius 1 is 1.05 bits per heavy atom. The lowest BCUT2D eigenvalue weighted by Crippen LogP contribution is -2.27. The van der Waals surface area contributed by atoms with Gasteiger partial charge in [-0.05, 0) is 53.9 Å². The number of oxazole rings is 1. The van der Waals surface area contributed by atoms with E-state index in [4.69, 9.17) is 27.6 Å². The Balaban J connectivity index is 1.54. The molecule has 0 fully saturated rings. The number of pyridine rings is 1. The summed E-state index contributed by atoms with van der Waals surface area (Å²) < 4.78 is 7.29. The third-order valence-electron chi connectivity index (χ3n) is 6.39. The Labute approximate surface area is 233 Å². The van der Waals surface area contributed by atoms with Crippen molar-refractivity contribution >= 4 is 58.3 Å². The van der Waals surface area contributed by atoms with Gasteiger partial charge in [0.2, 0.25) is 5.89 Å². The molecule has 0 spiro atoms. The number of halogens is 2. The number of carbonyl (C=O) groups is 2. The standard InChI is InChI=1S/C30H21Cl2N3O4/c1-4-17-11-22(30(38)35(3)14-17)28(37)33-24-10-6-9-21(26(24)32)19-7-5-8-20(16(19)2)29-34-25-13-18(15-36)12-23(31)27(25)39-29/h4-15H,1H2,2-3H3,(H,33,37). The Kier molecular flexibility index (Phi) is 6.95. The number of hydrogen-bond donors (Lipinski definition) is 1. The van der Waals surface area contributed by atoms with E-state index >= 15 is 0 Å². The molecule has 7 nitrogen and oxygen atoms in total. The molecule has 2 heterocycles. The minimum absolute atomic E-state index is 0.0260. The van der Waals surface area contributed by atoms with Gasteiger partial charge in [-0.15, -0.1) is 0 Å². The van der Waals surface area contributed by atoms with E-state index in [9.17, 15) is 14.4 Å². The molecule has 0 bridgehead atoms. The van der Waals surface area contributed by atoms with Crippen LogP contribution in [0.4, 0.5) is 5.69 Å². The minimum atomic E-state index is -0.582. The minimum Gasteiger partial charge on any atom is -0.434 e. The number of carbonyl (C=O) groups excluding carboxylic acids is 2. The van der Waals surface area contributed by atoms with Crippen LogP contribution in [0.3, 0.4) is 0 Å². The first-order valence-electron chi connectivity index (χ1n) is 11.8. The van der Waals surface area contributed by atoms with Crippen LogP contribution < -0.4 is 10.9 Å². The van der Waals surface area contributed by atoms with Crippen molar-refractivity contribution in [2.75, 3.05) is 5.32 Å². The van der Waals surface area contributed by atoms with Gasteiger partial charge < -0.3 is 14.3 Å². The van der Waals surface area contributed by atoms with E-state index in [0.717, 1.165) is 11.1 Å². The second kappa shape index (κ2) is 10.4. The quantitative estimate of drug-likeness (QED) is 0.223. The van der Waals surface area contributed by atoms with Crippen LogP contribution in [0.2, 0.25) is 10.0 Å². The predicted molar refractivity (Wildman–Crippen MR) is 155 cm³/mol. The lowest BCUT2D eigenvalue weighted by Gasteiger charge is -2.14. The van der Waals surface area contributed by atoms with Crippen molar-refractivity contribution in [3.05, 3.63) is 110 Å². The highest BCUT2D eigenvalue weighted by molar-refractivity contribution is 6.37. The van der Waals surface area contributed by atoms with Gasteiger partial charge in [0.1, 0.15) is 17.4 Å². The summed E-state index contributed by atoms with van der Waals surface area (Å²) in [4.78, 5) is 41.4. The molecule has 0 aliphatic heterocycles. The van der Waals surface area contributed by atoms with E-state index in [0.29, 0.717) is 61.3 Å². The van der Waals surface area contributed by atoms with E-state index in [1.807, 2.05) is 31.2 Å². The van der Waals surface area contributed by atoms with Gasteiger partial charge in [0.05, 0.1) is 15.7 Å². The van der Waals surface area contributed by atoms with Gasteiger partial charge in [0.15, 0.2) is 5.58 Å². The first kappa shape index (κ1) is 26.2. The fourth-order valence-corrected chi connectivity index (χ4v) is 4.93.